The number of hydrogen-bond donors (Lipinski definition) is 0. The molecule has 1 aliphatic carbocycles. The summed E-state index contributed by atoms with van der Waals surface area (Å²) in [4.78, 5) is 14.9. The van der Waals surface area contributed by atoms with Gasteiger partial charge in [-0.05, 0) is 19.3 Å². The van der Waals surface area contributed by atoms with Crippen molar-refractivity contribution >= 4 is 27.5 Å². The molecule has 3 rings (SSSR count). The SMILES string of the molecule is C=CCn1cnnc1SCC(=O)N(C1CCCCC1)[C@@H]1CCS(=O)(=O)C1. The summed E-state index contributed by atoms with van der Waals surface area (Å²) in [5.41, 5.74) is 0. The van der Waals surface area contributed by atoms with Gasteiger partial charge in [0.1, 0.15) is 6.33 Å². The molecule has 1 amide bonds. The van der Waals surface area contributed by atoms with Crippen molar-refractivity contribution in [3.8, 4) is 0 Å². The first-order valence-electron chi connectivity index (χ1n) is 9.13. The third-order valence-electron chi connectivity index (χ3n) is 5.09. The van der Waals surface area contributed by atoms with Crippen LogP contribution in [0.2, 0.25) is 0 Å². The van der Waals surface area contributed by atoms with Crippen LogP contribution in [-0.2, 0) is 21.2 Å². The second kappa shape index (κ2) is 8.56. The van der Waals surface area contributed by atoms with Crippen LogP contribution in [0.25, 0.3) is 0 Å². The Kier molecular flexibility index (Phi) is 6.39. The van der Waals surface area contributed by atoms with Gasteiger partial charge in [-0.25, -0.2) is 8.42 Å². The average Bonchev–Trinajstić information content (AvgIpc) is 3.21. The predicted molar refractivity (Wildman–Crippen MR) is 102 cm³/mol. The Hall–Kier alpha value is -1.35. The fourth-order valence-corrected chi connectivity index (χ4v) is 6.39. The number of carbonyl (C=O) groups excluding carboxylic acids is 1. The van der Waals surface area contributed by atoms with Gasteiger partial charge < -0.3 is 9.47 Å². The third kappa shape index (κ3) is 4.68. The normalized spacial score (nSPS) is 23.0. The van der Waals surface area contributed by atoms with Gasteiger partial charge in [0.15, 0.2) is 15.0 Å². The zero-order valence-corrected chi connectivity index (χ0v) is 16.6. The molecule has 0 bridgehead atoms. The first-order valence-corrected chi connectivity index (χ1v) is 11.9. The van der Waals surface area contributed by atoms with E-state index in [9.17, 15) is 13.2 Å². The Labute approximate surface area is 159 Å². The van der Waals surface area contributed by atoms with Crippen molar-refractivity contribution in [1.29, 1.82) is 0 Å². The summed E-state index contributed by atoms with van der Waals surface area (Å²) >= 11 is 1.35. The lowest BCUT2D eigenvalue weighted by atomic mass is 9.93. The number of aromatic nitrogens is 3. The summed E-state index contributed by atoms with van der Waals surface area (Å²) in [6, 6.07) is -0.0107. The highest BCUT2D eigenvalue weighted by Gasteiger charge is 2.38. The summed E-state index contributed by atoms with van der Waals surface area (Å²) in [6.07, 6.45) is 9.29. The lowest BCUT2D eigenvalue weighted by molar-refractivity contribution is -0.133. The molecule has 0 spiro atoms. The van der Waals surface area contributed by atoms with Crippen molar-refractivity contribution in [2.24, 2.45) is 0 Å². The largest absolute Gasteiger partial charge is 0.335 e. The van der Waals surface area contributed by atoms with E-state index in [-0.39, 0.29) is 35.2 Å². The van der Waals surface area contributed by atoms with Crippen molar-refractivity contribution in [2.45, 2.75) is 62.3 Å². The van der Waals surface area contributed by atoms with E-state index in [0.29, 0.717) is 18.1 Å². The summed E-state index contributed by atoms with van der Waals surface area (Å²) in [5.74, 6) is 0.557. The predicted octanol–water partition coefficient (Wildman–Crippen LogP) is 1.90. The number of rotatable bonds is 7. The third-order valence-corrected chi connectivity index (χ3v) is 7.80. The number of sulfone groups is 1. The first kappa shape index (κ1) is 19.4. The van der Waals surface area contributed by atoms with E-state index < -0.39 is 9.84 Å². The summed E-state index contributed by atoms with van der Waals surface area (Å²) < 4.78 is 25.7. The van der Waals surface area contributed by atoms with E-state index in [1.54, 1.807) is 12.4 Å². The Balaban J connectivity index is 1.70. The van der Waals surface area contributed by atoms with Crippen molar-refractivity contribution in [2.75, 3.05) is 17.3 Å². The van der Waals surface area contributed by atoms with E-state index in [1.807, 2.05) is 9.47 Å². The number of amides is 1. The molecule has 2 heterocycles. The number of nitrogens with zero attached hydrogens (tertiary/aromatic N) is 4. The molecule has 1 saturated heterocycles. The molecule has 1 atom stereocenters. The van der Waals surface area contributed by atoms with Gasteiger partial charge in [-0.1, -0.05) is 37.1 Å². The molecule has 1 aromatic heterocycles. The minimum absolute atomic E-state index is 0.0113. The highest BCUT2D eigenvalue weighted by Crippen LogP contribution is 2.29. The van der Waals surface area contributed by atoms with E-state index in [0.717, 1.165) is 25.7 Å². The number of thioether (sulfide) groups is 1. The monoisotopic (exact) mass is 398 g/mol. The van der Waals surface area contributed by atoms with Crippen LogP contribution in [0.1, 0.15) is 38.5 Å². The molecule has 1 aromatic rings. The Bertz CT molecular complexity index is 741. The summed E-state index contributed by atoms with van der Waals surface area (Å²) in [7, 11) is -3.02. The van der Waals surface area contributed by atoms with Crippen LogP contribution in [0.3, 0.4) is 0 Å². The Morgan fingerprint density at radius 3 is 2.73 bits per heavy atom. The molecule has 0 radical (unpaired) electrons. The molecule has 26 heavy (non-hydrogen) atoms. The number of hydrogen-bond acceptors (Lipinski definition) is 6. The standard InChI is InChI=1S/C17H26N4O3S2/c1-2-9-20-13-18-19-17(20)25-11-16(22)21(14-6-4-3-5-7-14)15-8-10-26(23,24)12-15/h2,13-15H,1,3-12H2/t15-/m1/s1. The zero-order valence-electron chi connectivity index (χ0n) is 14.9. The van der Waals surface area contributed by atoms with E-state index >= 15 is 0 Å². The molecule has 0 aromatic carbocycles. The van der Waals surface area contributed by atoms with Gasteiger partial charge in [0.25, 0.3) is 0 Å². The Morgan fingerprint density at radius 1 is 1.31 bits per heavy atom. The van der Waals surface area contributed by atoms with Gasteiger partial charge in [-0.15, -0.1) is 16.8 Å². The second-order valence-electron chi connectivity index (χ2n) is 6.99. The zero-order chi connectivity index (χ0) is 18.6. The molecule has 0 N–H and O–H groups in total. The average molecular weight is 399 g/mol. The van der Waals surface area contributed by atoms with Crippen LogP contribution in [0.5, 0.6) is 0 Å². The molecular weight excluding hydrogens is 372 g/mol. The fraction of sp³-hybridized carbons (Fsp3) is 0.706. The molecule has 9 heteroatoms. The highest BCUT2D eigenvalue weighted by atomic mass is 32.2. The molecule has 2 aliphatic rings. The topological polar surface area (TPSA) is 85.2 Å². The molecular formula is C17H26N4O3S2. The van der Waals surface area contributed by atoms with E-state index in [4.69, 9.17) is 0 Å². The maximum Gasteiger partial charge on any atom is 0.233 e. The summed E-state index contributed by atoms with van der Waals surface area (Å²) in [6.45, 7) is 4.30. The lowest BCUT2D eigenvalue weighted by Crippen LogP contribution is -2.49. The molecule has 2 fully saturated rings. The quantitative estimate of drug-likeness (QED) is 0.515. The molecule has 0 unspecified atom stereocenters. The van der Waals surface area contributed by atoms with Crippen LogP contribution in [0, 0.1) is 0 Å². The van der Waals surface area contributed by atoms with Gasteiger partial charge >= 0.3 is 0 Å². The summed E-state index contributed by atoms with van der Waals surface area (Å²) in [5, 5.41) is 8.63. The van der Waals surface area contributed by atoms with Crippen LogP contribution < -0.4 is 0 Å². The molecule has 7 nitrogen and oxygen atoms in total. The van der Waals surface area contributed by atoms with E-state index in [2.05, 4.69) is 16.8 Å². The fourth-order valence-electron chi connectivity index (χ4n) is 3.88. The first-order chi connectivity index (χ1) is 12.5. The van der Waals surface area contributed by atoms with Crippen LogP contribution in [0.4, 0.5) is 0 Å². The smallest absolute Gasteiger partial charge is 0.233 e. The second-order valence-corrected chi connectivity index (χ2v) is 10.2. The van der Waals surface area contributed by atoms with Crippen LogP contribution in [-0.4, -0.2) is 63.3 Å². The van der Waals surface area contributed by atoms with Gasteiger partial charge in [-0.2, -0.15) is 0 Å². The maximum atomic E-state index is 13.0. The number of carbonyl (C=O) groups is 1. The lowest BCUT2D eigenvalue weighted by Gasteiger charge is -2.38. The minimum atomic E-state index is -3.02. The highest BCUT2D eigenvalue weighted by molar-refractivity contribution is 7.99. The molecule has 144 valence electrons. The van der Waals surface area contributed by atoms with Crippen molar-refractivity contribution in [3.63, 3.8) is 0 Å². The molecule has 1 aliphatic heterocycles. The van der Waals surface area contributed by atoms with E-state index in [1.165, 1.54) is 18.2 Å². The molecule has 1 saturated carbocycles. The van der Waals surface area contributed by atoms with Crippen LogP contribution >= 0.6 is 11.8 Å². The van der Waals surface area contributed by atoms with Crippen molar-refractivity contribution < 1.29 is 13.2 Å². The van der Waals surface area contributed by atoms with Gasteiger partial charge in [0, 0.05) is 18.6 Å². The van der Waals surface area contributed by atoms with Crippen molar-refractivity contribution in [3.05, 3.63) is 19.0 Å². The van der Waals surface area contributed by atoms with Gasteiger partial charge in [-0.3, -0.25) is 4.79 Å². The minimum Gasteiger partial charge on any atom is -0.335 e. The van der Waals surface area contributed by atoms with Gasteiger partial charge in [0.05, 0.1) is 17.3 Å². The van der Waals surface area contributed by atoms with Crippen molar-refractivity contribution in [1.82, 2.24) is 19.7 Å². The maximum absolute atomic E-state index is 13.0. The van der Waals surface area contributed by atoms with Gasteiger partial charge in [0.2, 0.25) is 5.91 Å². The Morgan fingerprint density at radius 2 is 2.08 bits per heavy atom. The number of allylic oxidation sites excluding steroid dienone is 1. The van der Waals surface area contributed by atoms with Crippen LogP contribution in [0.15, 0.2) is 24.1 Å².